The van der Waals surface area contributed by atoms with E-state index in [2.05, 4.69) is 25.9 Å². The van der Waals surface area contributed by atoms with E-state index < -0.39 is 0 Å². The molecule has 0 aliphatic carbocycles. The fraction of sp³-hybridized carbons (Fsp3) is 0.167. The summed E-state index contributed by atoms with van der Waals surface area (Å²) in [5.74, 6) is 0.251. The smallest absolute Gasteiger partial charge is 0.257 e. The average Bonchev–Trinajstić information content (AvgIpc) is 2.29. The molecule has 2 rings (SSSR count). The van der Waals surface area contributed by atoms with E-state index in [1.807, 2.05) is 24.3 Å². The maximum Gasteiger partial charge on any atom is 0.257 e. The summed E-state index contributed by atoms with van der Waals surface area (Å²) in [4.78, 5) is 18.0. The van der Waals surface area contributed by atoms with Gasteiger partial charge in [-0.1, -0.05) is 28.1 Å². The topological polar surface area (TPSA) is 66.0 Å². The van der Waals surface area contributed by atoms with Crippen molar-refractivity contribution in [3.63, 3.8) is 0 Å². The summed E-state index contributed by atoms with van der Waals surface area (Å²) in [5.41, 5.74) is 0.953. The highest BCUT2D eigenvalue weighted by atomic mass is 79.9. The lowest BCUT2D eigenvalue weighted by Gasteiger charge is -2.03. The summed E-state index contributed by atoms with van der Waals surface area (Å²) >= 11 is 3.35. The Labute approximate surface area is 106 Å². The third kappa shape index (κ3) is 2.74. The van der Waals surface area contributed by atoms with Gasteiger partial charge in [-0.25, -0.2) is 0 Å². The van der Waals surface area contributed by atoms with Crippen LogP contribution in [-0.2, 0) is 6.42 Å². The van der Waals surface area contributed by atoms with Crippen molar-refractivity contribution in [3.8, 4) is 5.88 Å². The van der Waals surface area contributed by atoms with Crippen LogP contribution in [0.4, 0.5) is 0 Å². The van der Waals surface area contributed by atoms with E-state index in [0.717, 1.165) is 10.0 Å². The molecule has 0 atom stereocenters. The van der Waals surface area contributed by atoms with E-state index in [1.54, 1.807) is 0 Å². The molecular formula is C12H11BrN2O2. The third-order valence-electron chi connectivity index (χ3n) is 2.46. The minimum Gasteiger partial charge on any atom is -0.493 e. The van der Waals surface area contributed by atoms with E-state index in [4.69, 9.17) is 0 Å². The van der Waals surface area contributed by atoms with Crippen LogP contribution in [0, 0.1) is 6.92 Å². The number of halogens is 1. The van der Waals surface area contributed by atoms with Crippen molar-refractivity contribution < 1.29 is 5.11 Å². The fourth-order valence-corrected chi connectivity index (χ4v) is 1.71. The molecule has 0 radical (unpaired) electrons. The van der Waals surface area contributed by atoms with Gasteiger partial charge in [-0.15, -0.1) is 0 Å². The maximum atomic E-state index is 11.4. The first-order chi connectivity index (χ1) is 8.06. The largest absolute Gasteiger partial charge is 0.493 e. The molecule has 1 heterocycles. The molecule has 88 valence electrons. The Bertz CT molecular complexity index is 590. The predicted octanol–water partition coefficient (Wildman–Crippen LogP) is 2.14. The van der Waals surface area contributed by atoms with Gasteiger partial charge in [0.1, 0.15) is 5.82 Å². The van der Waals surface area contributed by atoms with Gasteiger partial charge in [-0.05, 0) is 24.6 Å². The molecule has 0 amide bonds. The van der Waals surface area contributed by atoms with Gasteiger partial charge in [0.05, 0.1) is 5.56 Å². The van der Waals surface area contributed by atoms with Crippen molar-refractivity contribution >= 4 is 15.9 Å². The molecule has 1 aromatic heterocycles. The lowest BCUT2D eigenvalue weighted by Crippen LogP contribution is -2.14. The monoisotopic (exact) mass is 294 g/mol. The summed E-state index contributed by atoms with van der Waals surface area (Å²) in [6, 6.07) is 7.70. The lowest BCUT2D eigenvalue weighted by molar-refractivity contribution is 0.443. The molecular weight excluding hydrogens is 284 g/mol. The average molecular weight is 295 g/mol. The molecule has 0 saturated carbocycles. The zero-order valence-corrected chi connectivity index (χ0v) is 10.8. The van der Waals surface area contributed by atoms with Crippen molar-refractivity contribution in [2.45, 2.75) is 13.3 Å². The van der Waals surface area contributed by atoms with Gasteiger partial charge < -0.3 is 10.1 Å². The minimum absolute atomic E-state index is 0.208. The number of hydrogen-bond acceptors (Lipinski definition) is 3. The van der Waals surface area contributed by atoms with Gasteiger partial charge >= 0.3 is 0 Å². The summed E-state index contributed by atoms with van der Waals surface area (Å²) < 4.78 is 0.995. The van der Waals surface area contributed by atoms with Crippen LogP contribution in [0.3, 0.4) is 0 Å². The zero-order valence-electron chi connectivity index (χ0n) is 9.20. The van der Waals surface area contributed by atoms with Crippen molar-refractivity contribution in [1.82, 2.24) is 9.97 Å². The van der Waals surface area contributed by atoms with E-state index in [1.165, 1.54) is 6.92 Å². The Hall–Kier alpha value is -1.62. The molecule has 0 fully saturated rings. The number of benzene rings is 1. The van der Waals surface area contributed by atoms with Gasteiger partial charge in [0, 0.05) is 10.9 Å². The Morgan fingerprint density at radius 2 is 2.00 bits per heavy atom. The van der Waals surface area contributed by atoms with Crippen molar-refractivity contribution in [1.29, 1.82) is 0 Å². The Balaban J connectivity index is 2.30. The molecule has 2 N–H and O–H groups in total. The number of H-pyrrole nitrogens is 1. The van der Waals surface area contributed by atoms with Gasteiger partial charge in [-0.3, -0.25) is 4.79 Å². The summed E-state index contributed by atoms with van der Waals surface area (Å²) in [7, 11) is 0. The van der Waals surface area contributed by atoms with E-state index in [-0.39, 0.29) is 17.0 Å². The van der Waals surface area contributed by atoms with Crippen LogP contribution in [-0.4, -0.2) is 15.1 Å². The summed E-state index contributed by atoms with van der Waals surface area (Å²) in [6.45, 7) is 1.53. The molecule has 2 aromatic rings. The van der Waals surface area contributed by atoms with Crippen molar-refractivity contribution in [2.24, 2.45) is 0 Å². The van der Waals surface area contributed by atoms with Gasteiger partial charge in [0.15, 0.2) is 0 Å². The first-order valence-electron chi connectivity index (χ1n) is 5.09. The zero-order chi connectivity index (χ0) is 12.4. The molecule has 0 aliphatic rings. The maximum absolute atomic E-state index is 11.4. The second kappa shape index (κ2) is 4.71. The number of aromatic amines is 1. The number of nitrogens with one attached hydrogen (secondary N) is 1. The van der Waals surface area contributed by atoms with E-state index in [9.17, 15) is 9.90 Å². The second-order valence-electron chi connectivity index (χ2n) is 3.76. The first-order valence-corrected chi connectivity index (χ1v) is 5.89. The molecule has 0 bridgehead atoms. The number of rotatable bonds is 2. The first kappa shape index (κ1) is 11.9. The summed E-state index contributed by atoms with van der Waals surface area (Å²) in [6.07, 6.45) is 0.482. The van der Waals surface area contributed by atoms with Crippen molar-refractivity contribution in [2.75, 3.05) is 0 Å². The lowest BCUT2D eigenvalue weighted by atomic mass is 10.1. The van der Waals surface area contributed by atoms with Gasteiger partial charge in [0.25, 0.3) is 5.56 Å². The van der Waals surface area contributed by atoms with Crippen LogP contribution in [0.1, 0.15) is 17.0 Å². The van der Waals surface area contributed by atoms with Crippen LogP contribution in [0.25, 0.3) is 0 Å². The molecule has 0 saturated heterocycles. The molecule has 4 nitrogen and oxygen atoms in total. The minimum atomic E-state index is -0.301. The molecule has 17 heavy (non-hydrogen) atoms. The van der Waals surface area contributed by atoms with Gasteiger partial charge in [0.2, 0.25) is 5.88 Å². The van der Waals surface area contributed by atoms with E-state index >= 15 is 0 Å². The number of aromatic nitrogens is 2. The van der Waals surface area contributed by atoms with Crippen LogP contribution < -0.4 is 5.56 Å². The normalized spacial score (nSPS) is 10.5. The van der Waals surface area contributed by atoms with Crippen LogP contribution in [0.2, 0.25) is 0 Å². The standard InChI is InChI=1S/C12H11BrN2O2/c1-7-11(16)14-10(15-12(7)17)6-8-2-4-9(13)5-3-8/h2-5H,6H2,1H3,(H2,14,15,16,17). The van der Waals surface area contributed by atoms with Crippen LogP contribution in [0.15, 0.2) is 33.5 Å². The third-order valence-corrected chi connectivity index (χ3v) is 2.99. The van der Waals surface area contributed by atoms with E-state index in [0.29, 0.717) is 12.2 Å². The highest BCUT2D eigenvalue weighted by Crippen LogP contribution is 2.13. The number of hydrogen-bond donors (Lipinski definition) is 2. The second-order valence-corrected chi connectivity index (χ2v) is 4.68. The van der Waals surface area contributed by atoms with Crippen LogP contribution in [0.5, 0.6) is 5.88 Å². The SMILES string of the molecule is Cc1c(O)nc(Cc2ccc(Br)cc2)[nH]c1=O. The van der Waals surface area contributed by atoms with Gasteiger partial charge in [-0.2, -0.15) is 4.98 Å². The Kier molecular flexibility index (Phi) is 3.28. The number of aromatic hydroxyl groups is 1. The Morgan fingerprint density at radius 1 is 1.35 bits per heavy atom. The van der Waals surface area contributed by atoms with Crippen LogP contribution >= 0.6 is 15.9 Å². The summed E-state index contributed by atoms with van der Waals surface area (Å²) in [5, 5.41) is 9.46. The Morgan fingerprint density at radius 3 is 2.59 bits per heavy atom. The highest BCUT2D eigenvalue weighted by molar-refractivity contribution is 9.10. The molecule has 0 spiro atoms. The van der Waals surface area contributed by atoms with Crippen molar-refractivity contribution in [3.05, 3.63) is 56.0 Å². The number of nitrogens with zero attached hydrogens (tertiary/aromatic N) is 1. The highest BCUT2D eigenvalue weighted by Gasteiger charge is 2.06. The fourth-order valence-electron chi connectivity index (χ4n) is 1.45. The molecule has 0 aliphatic heterocycles. The predicted molar refractivity (Wildman–Crippen MR) is 68.2 cm³/mol. The quantitative estimate of drug-likeness (QED) is 0.892. The molecule has 5 heteroatoms. The molecule has 1 aromatic carbocycles. The molecule has 0 unspecified atom stereocenters.